The van der Waals surface area contributed by atoms with Gasteiger partial charge in [0.2, 0.25) is 11.0 Å². The van der Waals surface area contributed by atoms with Gasteiger partial charge >= 0.3 is 0 Å². The van der Waals surface area contributed by atoms with Gasteiger partial charge in [-0.25, -0.2) is 0 Å². The molecule has 2 amide bonds. The largest absolute Gasteiger partial charge is 0.326 e. The number of carbonyl (C=O) groups excluding carboxylic acids is 2. The minimum atomic E-state index is -0.277. The summed E-state index contributed by atoms with van der Waals surface area (Å²) in [6.07, 6.45) is 1.82. The van der Waals surface area contributed by atoms with Gasteiger partial charge in [-0.1, -0.05) is 61.6 Å². The summed E-state index contributed by atoms with van der Waals surface area (Å²) >= 11 is 1.39. The number of hydrogen-bond donors (Lipinski definition) is 2. The van der Waals surface area contributed by atoms with Gasteiger partial charge in [-0.15, -0.1) is 10.2 Å². The van der Waals surface area contributed by atoms with Crippen molar-refractivity contribution in [2.24, 2.45) is 11.8 Å². The van der Waals surface area contributed by atoms with E-state index in [1.54, 1.807) is 24.3 Å². The fourth-order valence-electron chi connectivity index (χ4n) is 3.49. The van der Waals surface area contributed by atoms with Crippen LogP contribution in [0.25, 0.3) is 0 Å². The van der Waals surface area contributed by atoms with Crippen LogP contribution < -0.4 is 10.6 Å². The number of aromatic nitrogens is 2. The molecule has 1 heterocycles. The van der Waals surface area contributed by atoms with Gasteiger partial charge in [-0.3, -0.25) is 14.9 Å². The van der Waals surface area contributed by atoms with Crippen LogP contribution in [0.15, 0.2) is 54.6 Å². The maximum absolute atomic E-state index is 12.7. The van der Waals surface area contributed by atoms with Crippen molar-refractivity contribution in [3.05, 3.63) is 70.7 Å². The maximum atomic E-state index is 12.7. The Morgan fingerprint density at radius 3 is 2.57 bits per heavy atom. The summed E-state index contributed by atoms with van der Waals surface area (Å²) in [6.45, 7) is 4.17. The van der Waals surface area contributed by atoms with Crippen LogP contribution in [0, 0.1) is 11.8 Å². The van der Waals surface area contributed by atoms with Crippen molar-refractivity contribution in [1.82, 2.24) is 10.2 Å². The van der Waals surface area contributed by atoms with E-state index in [9.17, 15) is 9.59 Å². The lowest BCUT2D eigenvalue weighted by atomic mass is 9.97. The fourth-order valence-corrected chi connectivity index (χ4v) is 4.44. The fraction of sp³-hybridized carbons (Fsp3) is 0.304. The highest BCUT2D eigenvalue weighted by Crippen LogP contribution is 2.38. The number of anilines is 2. The van der Waals surface area contributed by atoms with Crippen LogP contribution in [0.1, 0.15) is 53.5 Å². The van der Waals surface area contributed by atoms with Crippen LogP contribution >= 0.6 is 11.3 Å². The first-order valence-corrected chi connectivity index (χ1v) is 11.0. The van der Waals surface area contributed by atoms with Gasteiger partial charge < -0.3 is 5.32 Å². The van der Waals surface area contributed by atoms with E-state index < -0.39 is 0 Å². The molecular formula is C23H24N4O2S. The predicted molar refractivity (Wildman–Crippen MR) is 119 cm³/mol. The van der Waals surface area contributed by atoms with Gasteiger partial charge in [0.05, 0.1) is 0 Å². The Hall–Kier alpha value is -3.06. The van der Waals surface area contributed by atoms with E-state index in [1.807, 2.05) is 18.2 Å². The molecule has 30 heavy (non-hydrogen) atoms. The number of benzene rings is 2. The van der Waals surface area contributed by atoms with Crippen molar-refractivity contribution < 1.29 is 9.59 Å². The quantitative estimate of drug-likeness (QED) is 0.568. The molecule has 3 unspecified atom stereocenters. The molecule has 2 N–H and O–H groups in total. The number of nitrogens with zero attached hydrogens (tertiary/aromatic N) is 2. The second-order valence-electron chi connectivity index (χ2n) is 7.66. The van der Waals surface area contributed by atoms with Crippen molar-refractivity contribution in [3.8, 4) is 0 Å². The minimum absolute atomic E-state index is 0.0142. The lowest BCUT2D eigenvalue weighted by Gasteiger charge is -2.11. The maximum Gasteiger partial charge on any atom is 0.257 e. The lowest BCUT2D eigenvalue weighted by molar-refractivity contribution is -0.117. The summed E-state index contributed by atoms with van der Waals surface area (Å²) in [6, 6.07) is 17.1. The van der Waals surface area contributed by atoms with Crippen molar-refractivity contribution >= 4 is 34.0 Å². The molecule has 7 heteroatoms. The first-order chi connectivity index (χ1) is 14.5. The highest BCUT2D eigenvalue weighted by atomic mass is 32.1. The molecule has 0 radical (unpaired) electrons. The van der Waals surface area contributed by atoms with Gasteiger partial charge in [-0.05, 0) is 42.5 Å². The standard InChI is InChI=1S/C23H24N4O2S/c1-3-18(15-8-5-4-6-9-15)22-26-27-23(30-22)25-20(28)16-10-7-11-17(13-16)24-21(29)19-12-14(19)2/h4-11,13-14,18-19H,3,12H2,1-2H3,(H,24,29)(H,25,27,28). The average molecular weight is 421 g/mol. The average Bonchev–Trinajstić information content (AvgIpc) is 3.33. The highest BCUT2D eigenvalue weighted by Gasteiger charge is 2.39. The van der Waals surface area contributed by atoms with Crippen LogP contribution in [0.2, 0.25) is 0 Å². The normalized spacial score (nSPS) is 18.5. The molecule has 0 bridgehead atoms. The Morgan fingerprint density at radius 1 is 1.10 bits per heavy atom. The Kier molecular flexibility index (Phi) is 5.90. The van der Waals surface area contributed by atoms with E-state index in [2.05, 4.69) is 46.8 Å². The molecule has 1 saturated carbocycles. The zero-order valence-electron chi connectivity index (χ0n) is 17.0. The Labute approximate surface area is 179 Å². The third-order valence-electron chi connectivity index (χ3n) is 5.41. The van der Waals surface area contributed by atoms with Crippen LogP contribution in [-0.2, 0) is 4.79 Å². The summed E-state index contributed by atoms with van der Waals surface area (Å²) in [4.78, 5) is 24.8. The third-order valence-corrected chi connectivity index (χ3v) is 6.36. The zero-order chi connectivity index (χ0) is 21.1. The first-order valence-electron chi connectivity index (χ1n) is 10.2. The number of amides is 2. The molecular weight excluding hydrogens is 396 g/mol. The van der Waals surface area contributed by atoms with E-state index >= 15 is 0 Å². The molecule has 2 aromatic carbocycles. The van der Waals surface area contributed by atoms with Crippen molar-refractivity contribution in [3.63, 3.8) is 0 Å². The molecule has 0 saturated heterocycles. The van der Waals surface area contributed by atoms with Gasteiger partial charge in [0, 0.05) is 23.1 Å². The number of carbonyl (C=O) groups is 2. The van der Waals surface area contributed by atoms with Crippen molar-refractivity contribution in [2.45, 2.75) is 32.6 Å². The summed E-state index contributed by atoms with van der Waals surface area (Å²) in [7, 11) is 0. The molecule has 154 valence electrons. The molecule has 4 rings (SSSR count). The predicted octanol–water partition coefficient (Wildman–Crippen LogP) is 4.93. The molecule has 1 aliphatic carbocycles. The monoisotopic (exact) mass is 420 g/mol. The Balaban J connectivity index is 1.43. The van der Waals surface area contributed by atoms with Crippen LogP contribution in [0.5, 0.6) is 0 Å². The Morgan fingerprint density at radius 2 is 1.87 bits per heavy atom. The molecule has 3 aromatic rings. The molecule has 0 aliphatic heterocycles. The van der Waals surface area contributed by atoms with Crippen LogP contribution in [0.4, 0.5) is 10.8 Å². The summed E-state index contributed by atoms with van der Waals surface area (Å²) in [5, 5.41) is 15.5. The zero-order valence-corrected chi connectivity index (χ0v) is 17.8. The van der Waals surface area contributed by atoms with Crippen molar-refractivity contribution in [1.29, 1.82) is 0 Å². The number of hydrogen-bond acceptors (Lipinski definition) is 5. The van der Waals surface area contributed by atoms with Crippen LogP contribution in [-0.4, -0.2) is 22.0 Å². The highest BCUT2D eigenvalue weighted by molar-refractivity contribution is 7.15. The smallest absolute Gasteiger partial charge is 0.257 e. The number of nitrogens with one attached hydrogen (secondary N) is 2. The topological polar surface area (TPSA) is 84.0 Å². The van der Waals surface area contributed by atoms with E-state index in [0.29, 0.717) is 22.3 Å². The van der Waals surface area contributed by atoms with Crippen LogP contribution in [0.3, 0.4) is 0 Å². The van der Waals surface area contributed by atoms with E-state index in [1.165, 1.54) is 16.9 Å². The first kappa shape index (κ1) is 20.2. The summed E-state index contributed by atoms with van der Waals surface area (Å²) < 4.78 is 0. The molecule has 1 fully saturated rings. The molecule has 0 spiro atoms. The van der Waals surface area contributed by atoms with Gasteiger partial charge in [-0.2, -0.15) is 0 Å². The lowest BCUT2D eigenvalue weighted by Crippen LogP contribution is -2.16. The van der Waals surface area contributed by atoms with E-state index in [4.69, 9.17) is 0 Å². The number of rotatable bonds is 7. The molecule has 1 aromatic heterocycles. The molecule has 6 nitrogen and oxygen atoms in total. The second kappa shape index (κ2) is 8.75. The van der Waals surface area contributed by atoms with E-state index in [-0.39, 0.29) is 23.7 Å². The van der Waals surface area contributed by atoms with E-state index in [0.717, 1.165) is 17.8 Å². The Bertz CT molecular complexity index is 1050. The summed E-state index contributed by atoms with van der Waals surface area (Å²) in [5.74, 6) is 0.406. The van der Waals surface area contributed by atoms with Gasteiger partial charge in [0.25, 0.3) is 5.91 Å². The van der Waals surface area contributed by atoms with Crippen molar-refractivity contribution in [2.75, 3.05) is 10.6 Å². The van der Waals surface area contributed by atoms with Gasteiger partial charge in [0.15, 0.2) is 0 Å². The second-order valence-corrected chi connectivity index (χ2v) is 8.67. The third kappa shape index (κ3) is 4.57. The molecule has 3 atom stereocenters. The summed E-state index contributed by atoms with van der Waals surface area (Å²) in [5.41, 5.74) is 2.27. The SMILES string of the molecule is CCC(c1ccccc1)c1nnc(NC(=O)c2cccc(NC(=O)C3CC3C)c2)s1. The molecule has 1 aliphatic rings. The minimum Gasteiger partial charge on any atom is -0.326 e. The van der Waals surface area contributed by atoms with Gasteiger partial charge in [0.1, 0.15) is 5.01 Å².